The zero-order chi connectivity index (χ0) is 7.49. The highest BCUT2D eigenvalue weighted by atomic mass is 16.3. The van der Waals surface area contributed by atoms with Crippen LogP contribution in [0.3, 0.4) is 0 Å². The topological polar surface area (TPSA) is 40.5 Å². The summed E-state index contributed by atoms with van der Waals surface area (Å²) in [4.78, 5) is 0. The summed E-state index contributed by atoms with van der Waals surface area (Å²) in [6, 6.07) is 0. The molecule has 0 radical (unpaired) electrons. The molecule has 0 rings (SSSR count). The molecule has 0 aliphatic carbocycles. The Hall–Kier alpha value is -0.0800. The fourth-order valence-corrected chi connectivity index (χ4v) is 0.627. The van der Waals surface area contributed by atoms with Gasteiger partial charge in [0.05, 0.1) is 11.7 Å². The zero-order valence-electron chi connectivity index (χ0n) is 6.39. The van der Waals surface area contributed by atoms with Gasteiger partial charge in [-0.2, -0.15) is 0 Å². The Morgan fingerprint density at radius 1 is 1.44 bits per heavy atom. The molecule has 0 saturated heterocycles. The molecule has 9 heavy (non-hydrogen) atoms. The Kier molecular flexibility index (Phi) is 3.15. The molecule has 0 aromatic heterocycles. The molecule has 2 N–H and O–H groups in total. The molecule has 0 fully saturated rings. The van der Waals surface area contributed by atoms with Crippen molar-refractivity contribution in [1.82, 2.24) is 0 Å². The summed E-state index contributed by atoms with van der Waals surface area (Å²) < 4.78 is 0. The van der Waals surface area contributed by atoms with Crippen LogP contribution in [0.1, 0.15) is 33.6 Å². The maximum Gasteiger partial charge on any atom is 0.0849 e. The third-order valence-electron chi connectivity index (χ3n) is 1.38. The van der Waals surface area contributed by atoms with Crippen molar-refractivity contribution >= 4 is 0 Å². The van der Waals surface area contributed by atoms with Crippen LogP contribution in [0.5, 0.6) is 0 Å². The molecule has 0 amide bonds. The van der Waals surface area contributed by atoms with Gasteiger partial charge in [0.25, 0.3) is 0 Å². The summed E-state index contributed by atoms with van der Waals surface area (Å²) in [6.45, 7) is 5.22. The molecule has 0 bridgehead atoms. The largest absolute Gasteiger partial charge is 0.390 e. The predicted molar refractivity (Wildman–Crippen MR) is 37.2 cm³/mol. The van der Waals surface area contributed by atoms with E-state index in [1.54, 1.807) is 13.8 Å². The van der Waals surface area contributed by atoms with Gasteiger partial charge in [0.15, 0.2) is 0 Å². The number of aliphatic hydroxyl groups is 2. The summed E-state index contributed by atoms with van der Waals surface area (Å²) in [5.41, 5.74) is -0.935. The van der Waals surface area contributed by atoms with Gasteiger partial charge in [0, 0.05) is 0 Å². The Bertz CT molecular complexity index is 73.5. The van der Waals surface area contributed by atoms with Crippen LogP contribution in [-0.4, -0.2) is 21.9 Å². The van der Waals surface area contributed by atoms with Gasteiger partial charge in [0.1, 0.15) is 0 Å². The fraction of sp³-hybridized carbons (Fsp3) is 1.00. The first-order chi connectivity index (χ1) is 3.98. The summed E-state index contributed by atoms with van der Waals surface area (Å²) >= 11 is 0. The molecule has 0 spiro atoms. The lowest BCUT2D eigenvalue weighted by Crippen LogP contribution is -2.35. The van der Waals surface area contributed by atoms with Gasteiger partial charge in [-0.05, 0) is 20.3 Å². The van der Waals surface area contributed by atoms with Gasteiger partial charge in [-0.25, -0.2) is 0 Å². The van der Waals surface area contributed by atoms with E-state index in [0.717, 1.165) is 6.42 Å². The Balaban J connectivity index is 3.59. The van der Waals surface area contributed by atoms with Crippen molar-refractivity contribution in [2.45, 2.75) is 45.3 Å². The molecule has 0 unspecified atom stereocenters. The van der Waals surface area contributed by atoms with Crippen molar-refractivity contribution in [2.24, 2.45) is 0 Å². The van der Waals surface area contributed by atoms with Crippen molar-refractivity contribution in [3.05, 3.63) is 0 Å². The maximum absolute atomic E-state index is 9.17. The van der Waals surface area contributed by atoms with Gasteiger partial charge in [-0.1, -0.05) is 13.3 Å². The summed E-state index contributed by atoms with van der Waals surface area (Å²) in [7, 11) is 0. The number of hydrogen-bond donors (Lipinski definition) is 2. The van der Waals surface area contributed by atoms with Crippen LogP contribution < -0.4 is 0 Å². The van der Waals surface area contributed by atoms with Crippen LogP contribution in [0.2, 0.25) is 0 Å². The predicted octanol–water partition coefficient (Wildman–Crippen LogP) is 0.918. The molecule has 2 nitrogen and oxygen atoms in total. The van der Waals surface area contributed by atoms with Crippen LogP contribution in [0.15, 0.2) is 0 Å². The molecule has 0 heterocycles. The van der Waals surface area contributed by atoms with Gasteiger partial charge in [0.2, 0.25) is 0 Å². The van der Waals surface area contributed by atoms with E-state index in [0.29, 0.717) is 6.42 Å². The minimum Gasteiger partial charge on any atom is -0.390 e. The highest BCUT2D eigenvalue weighted by Crippen LogP contribution is 2.12. The van der Waals surface area contributed by atoms with E-state index in [-0.39, 0.29) is 0 Å². The standard InChI is InChI=1S/C7H16O2/c1-4-5-6(8)7(2,3)9/h6,8-9H,4-5H2,1-3H3/t6-/m0/s1. The average molecular weight is 132 g/mol. The zero-order valence-corrected chi connectivity index (χ0v) is 6.39. The second-order valence-corrected chi connectivity index (χ2v) is 2.96. The first-order valence-corrected chi connectivity index (χ1v) is 3.39. The molecular weight excluding hydrogens is 116 g/mol. The maximum atomic E-state index is 9.17. The number of rotatable bonds is 3. The highest BCUT2D eigenvalue weighted by Gasteiger charge is 2.22. The quantitative estimate of drug-likeness (QED) is 0.599. The van der Waals surface area contributed by atoms with Gasteiger partial charge >= 0.3 is 0 Å². The monoisotopic (exact) mass is 132 g/mol. The van der Waals surface area contributed by atoms with E-state index in [4.69, 9.17) is 10.2 Å². The molecule has 0 aliphatic heterocycles. The SMILES string of the molecule is CCC[C@H](O)C(C)(C)O. The molecule has 2 heteroatoms. The molecular formula is C7H16O2. The second-order valence-electron chi connectivity index (χ2n) is 2.96. The molecule has 0 aliphatic rings. The molecule has 0 saturated carbocycles. The molecule has 0 aromatic carbocycles. The van der Waals surface area contributed by atoms with E-state index in [9.17, 15) is 0 Å². The second kappa shape index (κ2) is 3.18. The smallest absolute Gasteiger partial charge is 0.0849 e. The summed E-state index contributed by atoms with van der Waals surface area (Å²) in [6.07, 6.45) is 0.997. The normalized spacial score (nSPS) is 15.7. The van der Waals surface area contributed by atoms with Crippen LogP contribution >= 0.6 is 0 Å². The molecule has 1 atom stereocenters. The van der Waals surface area contributed by atoms with Crippen LogP contribution in [0, 0.1) is 0 Å². The van der Waals surface area contributed by atoms with Gasteiger partial charge in [-0.15, -0.1) is 0 Å². The lowest BCUT2D eigenvalue weighted by Gasteiger charge is -2.23. The van der Waals surface area contributed by atoms with Crippen LogP contribution in [-0.2, 0) is 0 Å². The molecule has 0 aromatic rings. The van der Waals surface area contributed by atoms with Crippen molar-refractivity contribution in [3.63, 3.8) is 0 Å². The molecule has 56 valence electrons. The van der Waals surface area contributed by atoms with Crippen molar-refractivity contribution in [3.8, 4) is 0 Å². The highest BCUT2D eigenvalue weighted by molar-refractivity contribution is 4.75. The Morgan fingerprint density at radius 3 is 2.00 bits per heavy atom. The minimum atomic E-state index is -0.935. The Labute approximate surface area is 56.5 Å². The van der Waals surface area contributed by atoms with E-state index >= 15 is 0 Å². The van der Waals surface area contributed by atoms with Crippen molar-refractivity contribution in [1.29, 1.82) is 0 Å². The third kappa shape index (κ3) is 3.49. The van der Waals surface area contributed by atoms with Gasteiger partial charge < -0.3 is 10.2 Å². The van der Waals surface area contributed by atoms with E-state index < -0.39 is 11.7 Å². The Morgan fingerprint density at radius 2 is 1.89 bits per heavy atom. The third-order valence-corrected chi connectivity index (χ3v) is 1.38. The lowest BCUT2D eigenvalue weighted by atomic mass is 9.98. The lowest BCUT2D eigenvalue weighted by molar-refractivity contribution is -0.0514. The average Bonchev–Trinajstić information content (AvgIpc) is 1.64. The fourth-order valence-electron chi connectivity index (χ4n) is 0.627. The van der Waals surface area contributed by atoms with Crippen LogP contribution in [0.25, 0.3) is 0 Å². The first-order valence-electron chi connectivity index (χ1n) is 3.39. The van der Waals surface area contributed by atoms with E-state index in [2.05, 4.69) is 0 Å². The number of hydrogen-bond acceptors (Lipinski definition) is 2. The van der Waals surface area contributed by atoms with Crippen molar-refractivity contribution in [2.75, 3.05) is 0 Å². The van der Waals surface area contributed by atoms with E-state index in [1.165, 1.54) is 0 Å². The van der Waals surface area contributed by atoms with E-state index in [1.807, 2.05) is 6.92 Å². The minimum absolute atomic E-state index is 0.581. The van der Waals surface area contributed by atoms with Crippen LogP contribution in [0.4, 0.5) is 0 Å². The summed E-state index contributed by atoms with van der Waals surface area (Å²) in [5, 5.41) is 18.3. The number of aliphatic hydroxyl groups excluding tert-OH is 1. The first kappa shape index (κ1) is 8.92. The van der Waals surface area contributed by atoms with Crippen molar-refractivity contribution < 1.29 is 10.2 Å². The van der Waals surface area contributed by atoms with Gasteiger partial charge in [-0.3, -0.25) is 0 Å². The summed E-state index contributed by atoms with van der Waals surface area (Å²) in [5.74, 6) is 0.